The van der Waals surface area contributed by atoms with Crippen LogP contribution in [0.5, 0.6) is 0 Å². The van der Waals surface area contributed by atoms with Crippen molar-refractivity contribution in [3.63, 3.8) is 0 Å². The predicted molar refractivity (Wildman–Crippen MR) is 121 cm³/mol. The van der Waals surface area contributed by atoms with Crippen LogP contribution in [0.15, 0.2) is 53.7 Å². The number of pyridine rings is 1. The number of carbonyl (C=O) groups is 1. The second kappa shape index (κ2) is 12.2. The van der Waals surface area contributed by atoms with Gasteiger partial charge in [-0.05, 0) is 36.4 Å². The molecule has 0 aliphatic rings. The van der Waals surface area contributed by atoms with E-state index in [0.717, 1.165) is 5.56 Å². The predicted octanol–water partition coefficient (Wildman–Crippen LogP) is 2.94. The van der Waals surface area contributed by atoms with Crippen LogP contribution in [0.3, 0.4) is 0 Å². The van der Waals surface area contributed by atoms with E-state index in [1.54, 1.807) is 25.2 Å². The van der Waals surface area contributed by atoms with Gasteiger partial charge in [0, 0.05) is 19.0 Å². The topological polar surface area (TPSA) is 126 Å². The van der Waals surface area contributed by atoms with Crippen molar-refractivity contribution in [3.8, 4) is 0 Å². The number of benzene rings is 1. The first-order valence-electron chi connectivity index (χ1n) is 10.5. The lowest BCUT2D eigenvalue weighted by molar-refractivity contribution is 0.0642. The van der Waals surface area contributed by atoms with Crippen molar-refractivity contribution in [1.29, 1.82) is 0 Å². The number of ether oxygens (including phenoxy) is 2. The maximum Gasteiger partial charge on any atom is 0.412 e. The minimum Gasteiger partial charge on any atom is -0.449 e. The standard InChI is InChI=1S/C22H27N7O4/c1-16(2)31-13-8-14-32-22(30)24-19-12-7-11-18(23-19)15-33-26-20(17-9-5-4-6-10-17)21-25-27-28-29(21)3/h4-7,9-12,16H,8,13-15H2,1-3H3,(H,23,24,30)/b26-20-. The van der Waals surface area contributed by atoms with E-state index in [4.69, 9.17) is 14.3 Å². The number of hydrogen-bond acceptors (Lipinski definition) is 9. The molecule has 0 aliphatic heterocycles. The second-order valence-corrected chi connectivity index (χ2v) is 7.25. The maximum atomic E-state index is 12.0. The fourth-order valence-corrected chi connectivity index (χ4v) is 2.72. The summed E-state index contributed by atoms with van der Waals surface area (Å²) >= 11 is 0. The zero-order valence-corrected chi connectivity index (χ0v) is 18.8. The highest BCUT2D eigenvalue weighted by Crippen LogP contribution is 2.10. The van der Waals surface area contributed by atoms with Gasteiger partial charge in [0.1, 0.15) is 5.82 Å². The van der Waals surface area contributed by atoms with Gasteiger partial charge < -0.3 is 14.3 Å². The van der Waals surface area contributed by atoms with Gasteiger partial charge in [0.15, 0.2) is 12.3 Å². The summed E-state index contributed by atoms with van der Waals surface area (Å²) in [4.78, 5) is 21.9. The minimum atomic E-state index is -0.579. The number of carbonyl (C=O) groups excluding carboxylic acids is 1. The van der Waals surface area contributed by atoms with E-state index in [0.29, 0.717) is 36.1 Å². The zero-order chi connectivity index (χ0) is 23.5. The molecular weight excluding hydrogens is 426 g/mol. The molecule has 11 nitrogen and oxygen atoms in total. The first-order chi connectivity index (χ1) is 16.0. The highest BCUT2D eigenvalue weighted by molar-refractivity contribution is 6.10. The summed E-state index contributed by atoms with van der Waals surface area (Å²) in [6, 6.07) is 14.7. The molecule has 174 valence electrons. The Labute approximate surface area is 191 Å². The average Bonchev–Trinajstić information content (AvgIpc) is 3.22. The van der Waals surface area contributed by atoms with Crippen LogP contribution < -0.4 is 5.32 Å². The lowest BCUT2D eigenvalue weighted by Gasteiger charge is -2.09. The van der Waals surface area contributed by atoms with E-state index < -0.39 is 6.09 Å². The molecule has 1 amide bonds. The molecular formula is C22H27N7O4. The van der Waals surface area contributed by atoms with Crippen molar-refractivity contribution in [2.45, 2.75) is 33.0 Å². The van der Waals surface area contributed by atoms with Crippen LogP contribution in [0.1, 0.15) is 37.4 Å². The molecule has 1 N–H and O–H groups in total. The van der Waals surface area contributed by atoms with Gasteiger partial charge in [-0.2, -0.15) is 0 Å². The average molecular weight is 454 g/mol. The Bertz CT molecular complexity index is 1050. The van der Waals surface area contributed by atoms with E-state index in [-0.39, 0.29) is 19.3 Å². The summed E-state index contributed by atoms with van der Waals surface area (Å²) in [6.07, 6.45) is 0.192. The van der Waals surface area contributed by atoms with Crippen LogP contribution in [0.4, 0.5) is 10.6 Å². The lowest BCUT2D eigenvalue weighted by Crippen LogP contribution is -2.17. The van der Waals surface area contributed by atoms with Gasteiger partial charge in [-0.3, -0.25) is 5.32 Å². The summed E-state index contributed by atoms with van der Waals surface area (Å²) in [5.74, 6) is 0.815. The van der Waals surface area contributed by atoms with Crippen LogP contribution in [0.2, 0.25) is 0 Å². The Balaban J connectivity index is 1.57. The number of nitrogens with zero attached hydrogens (tertiary/aromatic N) is 6. The fourth-order valence-electron chi connectivity index (χ4n) is 2.72. The molecule has 2 aromatic heterocycles. The number of aryl methyl sites for hydroxylation is 1. The van der Waals surface area contributed by atoms with E-state index in [1.165, 1.54) is 4.68 Å². The van der Waals surface area contributed by atoms with Crippen LogP contribution in [-0.2, 0) is 28.0 Å². The molecule has 0 fully saturated rings. The molecule has 3 rings (SSSR count). The zero-order valence-electron chi connectivity index (χ0n) is 18.8. The number of amides is 1. The molecule has 0 saturated carbocycles. The number of oxime groups is 1. The van der Waals surface area contributed by atoms with E-state index in [2.05, 4.69) is 31.0 Å². The third kappa shape index (κ3) is 7.65. The molecule has 2 heterocycles. The molecule has 0 spiro atoms. The SMILES string of the molecule is CC(C)OCCCOC(=O)Nc1cccc(CO/N=C(/c2ccccc2)c2nnnn2C)n1. The summed E-state index contributed by atoms with van der Waals surface area (Å²) < 4.78 is 12.1. The molecule has 0 bridgehead atoms. The Morgan fingerprint density at radius 1 is 1.12 bits per heavy atom. The van der Waals surface area contributed by atoms with E-state index in [9.17, 15) is 4.79 Å². The first kappa shape index (κ1) is 23.8. The molecule has 11 heteroatoms. The monoisotopic (exact) mass is 453 g/mol. The molecule has 0 aliphatic carbocycles. The first-order valence-corrected chi connectivity index (χ1v) is 10.5. The summed E-state index contributed by atoms with van der Waals surface area (Å²) in [5, 5.41) is 18.4. The van der Waals surface area contributed by atoms with Gasteiger partial charge >= 0.3 is 6.09 Å². The lowest BCUT2D eigenvalue weighted by atomic mass is 10.1. The van der Waals surface area contributed by atoms with Gasteiger partial charge in [0.05, 0.1) is 25.0 Å². The Hall–Kier alpha value is -3.86. The van der Waals surface area contributed by atoms with E-state index in [1.807, 2.05) is 44.2 Å². The smallest absolute Gasteiger partial charge is 0.412 e. The van der Waals surface area contributed by atoms with Crippen LogP contribution >= 0.6 is 0 Å². The minimum absolute atomic E-state index is 0.0821. The highest BCUT2D eigenvalue weighted by atomic mass is 16.6. The van der Waals surface area contributed by atoms with Crippen molar-refractivity contribution in [1.82, 2.24) is 25.2 Å². The van der Waals surface area contributed by atoms with Gasteiger partial charge in [0.25, 0.3) is 0 Å². The van der Waals surface area contributed by atoms with E-state index >= 15 is 0 Å². The quantitative estimate of drug-likeness (QED) is 0.267. The maximum absolute atomic E-state index is 12.0. The van der Waals surface area contributed by atoms with Crippen LogP contribution in [0, 0.1) is 0 Å². The molecule has 0 radical (unpaired) electrons. The number of tetrazole rings is 1. The number of hydrogen-bond donors (Lipinski definition) is 1. The van der Waals surface area contributed by atoms with Crippen molar-refractivity contribution in [2.24, 2.45) is 12.2 Å². The summed E-state index contributed by atoms with van der Waals surface area (Å²) in [5.41, 5.74) is 1.87. The third-order valence-electron chi connectivity index (χ3n) is 4.26. The van der Waals surface area contributed by atoms with Gasteiger partial charge in [-0.15, -0.1) is 5.10 Å². The Morgan fingerprint density at radius 3 is 2.67 bits per heavy atom. The molecule has 0 unspecified atom stereocenters. The Morgan fingerprint density at radius 2 is 1.94 bits per heavy atom. The van der Waals surface area contributed by atoms with Crippen molar-refractivity contribution in [3.05, 3.63) is 65.6 Å². The van der Waals surface area contributed by atoms with Crippen LogP contribution in [0.25, 0.3) is 0 Å². The highest BCUT2D eigenvalue weighted by Gasteiger charge is 2.15. The molecule has 0 atom stereocenters. The number of anilines is 1. The summed E-state index contributed by atoms with van der Waals surface area (Å²) in [6.45, 7) is 4.78. The van der Waals surface area contributed by atoms with Crippen molar-refractivity contribution >= 4 is 17.6 Å². The number of nitrogens with one attached hydrogen (secondary N) is 1. The second-order valence-electron chi connectivity index (χ2n) is 7.25. The normalized spacial score (nSPS) is 11.5. The van der Waals surface area contributed by atoms with Crippen molar-refractivity contribution in [2.75, 3.05) is 18.5 Å². The largest absolute Gasteiger partial charge is 0.449 e. The third-order valence-corrected chi connectivity index (χ3v) is 4.26. The molecule has 33 heavy (non-hydrogen) atoms. The molecule has 3 aromatic rings. The summed E-state index contributed by atoms with van der Waals surface area (Å²) in [7, 11) is 1.72. The molecule has 1 aromatic carbocycles. The van der Waals surface area contributed by atoms with Crippen molar-refractivity contribution < 1.29 is 19.1 Å². The van der Waals surface area contributed by atoms with Crippen LogP contribution in [-0.4, -0.2) is 56.3 Å². The fraction of sp³-hybridized carbons (Fsp3) is 0.364. The van der Waals surface area contributed by atoms with Gasteiger partial charge in [-0.1, -0.05) is 41.6 Å². The number of rotatable bonds is 11. The van der Waals surface area contributed by atoms with Gasteiger partial charge in [-0.25, -0.2) is 14.5 Å². The number of aromatic nitrogens is 5. The Kier molecular flexibility index (Phi) is 8.83. The molecule has 0 saturated heterocycles. The van der Waals surface area contributed by atoms with Gasteiger partial charge in [0.2, 0.25) is 5.82 Å².